The van der Waals surface area contributed by atoms with E-state index in [2.05, 4.69) is 18.9 Å². The number of hydrogen-bond donors (Lipinski definition) is 1. The fourth-order valence-electron chi connectivity index (χ4n) is 3.10. The number of hydrogen-bond acceptors (Lipinski definition) is 2. The van der Waals surface area contributed by atoms with Gasteiger partial charge in [0.1, 0.15) is 0 Å². The van der Waals surface area contributed by atoms with Gasteiger partial charge in [0, 0.05) is 13.0 Å². The lowest BCUT2D eigenvalue weighted by Gasteiger charge is -2.26. The molecule has 1 unspecified atom stereocenters. The van der Waals surface area contributed by atoms with Gasteiger partial charge in [-0.1, -0.05) is 37.8 Å². The Balaban J connectivity index is 2.10. The van der Waals surface area contributed by atoms with Crippen LogP contribution in [-0.2, 0) is 19.4 Å². The van der Waals surface area contributed by atoms with Crippen molar-refractivity contribution in [3.05, 3.63) is 16.4 Å². The molecule has 1 N–H and O–H groups in total. The Hall–Kier alpha value is -0.540. The van der Waals surface area contributed by atoms with Crippen molar-refractivity contribution < 1.29 is 5.11 Å². The summed E-state index contributed by atoms with van der Waals surface area (Å²) in [6.45, 7) is 4.95. The van der Waals surface area contributed by atoms with Crippen molar-refractivity contribution in [1.82, 2.24) is 9.78 Å². The maximum atomic E-state index is 10.5. The molecule has 1 atom stereocenters. The van der Waals surface area contributed by atoms with E-state index in [1.54, 1.807) is 0 Å². The Labute approximate surface area is 121 Å². The smallest absolute Gasteiger partial charge is 0.0850 e. The van der Waals surface area contributed by atoms with E-state index in [0.717, 1.165) is 42.2 Å². The second-order valence-electron chi connectivity index (χ2n) is 5.55. The molecule has 108 valence electrons. The Morgan fingerprint density at radius 2 is 2.00 bits per heavy atom. The largest absolute Gasteiger partial charge is 0.392 e. The summed E-state index contributed by atoms with van der Waals surface area (Å²) < 4.78 is 1.95. The van der Waals surface area contributed by atoms with Gasteiger partial charge in [0.15, 0.2) is 0 Å². The molecule has 0 aliphatic heterocycles. The van der Waals surface area contributed by atoms with Gasteiger partial charge in [-0.3, -0.25) is 4.68 Å². The van der Waals surface area contributed by atoms with Crippen LogP contribution in [0.3, 0.4) is 0 Å². The fraction of sp³-hybridized carbons (Fsp3) is 0.800. The molecule has 1 heterocycles. The molecule has 4 heteroatoms. The highest BCUT2D eigenvalue weighted by Crippen LogP contribution is 2.30. The van der Waals surface area contributed by atoms with E-state index in [1.807, 2.05) is 4.68 Å². The Bertz CT molecular complexity index is 411. The summed E-state index contributed by atoms with van der Waals surface area (Å²) in [5.74, 6) is 0.440. The second kappa shape index (κ2) is 6.76. The van der Waals surface area contributed by atoms with Crippen LogP contribution in [0.5, 0.6) is 0 Å². The summed E-state index contributed by atoms with van der Waals surface area (Å²) in [7, 11) is 0. The number of halogens is 1. The van der Waals surface area contributed by atoms with E-state index < -0.39 is 0 Å². The summed E-state index contributed by atoms with van der Waals surface area (Å²) in [4.78, 5) is 0. The summed E-state index contributed by atoms with van der Waals surface area (Å²) in [5.41, 5.74) is 1.97. The zero-order valence-corrected chi connectivity index (χ0v) is 12.8. The van der Waals surface area contributed by atoms with Gasteiger partial charge in [0.25, 0.3) is 0 Å². The third-order valence-corrected chi connectivity index (χ3v) is 4.73. The number of aryl methyl sites for hydroxylation is 2. The van der Waals surface area contributed by atoms with Crippen LogP contribution in [0, 0.1) is 5.92 Å². The van der Waals surface area contributed by atoms with Crippen LogP contribution in [0.15, 0.2) is 0 Å². The zero-order chi connectivity index (χ0) is 13.8. The molecule has 0 bridgehead atoms. The Morgan fingerprint density at radius 1 is 1.32 bits per heavy atom. The molecular weight excluding hydrogens is 260 g/mol. The minimum Gasteiger partial charge on any atom is -0.392 e. The van der Waals surface area contributed by atoms with Crippen molar-refractivity contribution in [1.29, 1.82) is 0 Å². The number of aliphatic hydroxyl groups excluding tert-OH is 1. The van der Waals surface area contributed by atoms with Gasteiger partial charge in [0.05, 0.1) is 22.5 Å². The van der Waals surface area contributed by atoms with Crippen molar-refractivity contribution in [2.75, 3.05) is 0 Å². The van der Waals surface area contributed by atoms with Crippen LogP contribution in [-0.4, -0.2) is 21.0 Å². The molecule has 1 aliphatic carbocycles. The predicted octanol–water partition coefficient (Wildman–Crippen LogP) is 3.60. The van der Waals surface area contributed by atoms with Gasteiger partial charge in [0.2, 0.25) is 0 Å². The van der Waals surface area contributed by atoms with Gasteiger partial charge in [-0.2, -0.15) is 5.10 Å². The maximum Gasteiger partial charge on any atom is 0.0850 e. The number of aliphatic hydroxyl groups is 1. The topological polar surface area (TPSA) is 38.0 Å². The minimum atomic E-state index is -0.274. The van der Waals surface area contributed by atoms with E-state index in [1.165, 1.54) is 19.3 Å². The fourth-order valence-corrected chi connectivity index (χ4v) is 3.44. The van der Waals surface area contributed by atoms with Crippen LogP contribution in [0.4, 0.5) is 0 Å². The molecular formula is C15H25ClN2O. The third kappa shape index (κ3) is 3.32. The molecule has 0 radical (unpaired) electrons. The first-order valence-corrected chi connectivity index (χ1v) is 7.97. The lowest BCUT2D eigenvalue weighted by Crippen LogP contribution is -2.26. The molecule has 0 saturated heterocycles. The zero-order valence-electron chi connectivity index (χ0n) is 12.0. The average Bonchev–Trinajstić information content (AvgIpc) is 2.76. The number of nitrogens with zero attached hydrogens (tertiary/aromatic N) is 2. The lowest BCUT2D eigenvalue weighted by molar-refractivity contribution is 0.0833. The molecule has 0 amide bonds. The SMILES string of the molecule is CCc1nn(CC)c(CC(O)C2CCCCC2)c1Cl. The van der Waals surface area contributed by atoms with E-state index >= 15 is 0 Å². The van der Waals surface area contributed by atoms with Crippen LogP contribution >= 0.6 is 11.6 Å². The van der Waals surface area contributed by atoms with Crippen molar-refractivity contribution >= 4 is 11.6 Å². The molecule has 0 spiro atoms. The molecule has 19 heavy (non-hydrogen) atoms. The standard InChI is InChI=1S/C15H25ClN2O/c1-3-12-15(16)13(18(4-2)17-12)10-14(19)11-8-6-5-7-9-11/h11,14,19H,3-10H2,1-2H3. The van der Waals surface area contributed by atoms with Gasteiger partial charge in [-0.05, 0) is 32.1 Å². The van der Waals surface area contributed by atoms with E-state index in [9.17, 15) is 5.11 Å². The van der Waals surface area contributed by atoms with Crippen molar-refractivity contribution in [2.24, 2.45) is 5.92 Å². The third-order valence-electron chi connectivity index (χ3n) is 4.29. The highest BCUT2D eigenvalue weighted by atomic mass is 35.5. The average molecular weight is 285 g/mol. The Morgan fingerprint density at radius 3 is 2.58 bits per heavy atom. The van der Waals surface area contributed by atoms with Crippen LogP contribution < -0.4 is 0 Å². The van der Waals surface area contributed by atoms with Crippen LogP contribution in [0.1, 0.15) is 57.3 Å². The highest BCUT2D eigenvalue weighted by Gasteiger charge is 2.25. The molecule has 1 aromatic rings. The Kier molecular flexibility index (Phi) is 5.28. The second-order valence-corrected chi connectivity index (χ2v) is 5.92. The summed E-state index contributed by atoms with van der Waals surface area (Å²) >= 11 is 6.40. The summed E-state index contributed by atoms with van der Waals surface area (Å²) in [6, 6.07) is 0. The van der Waals surface area contributed by atoms with Crippen LogP contribution in [0.25, 0.3) is 0 Å². The molecule has 0 aromatic carbocycles. The summed E-state index contributed by atoms with van der Waals surface area (Å²) in [5, 5.41) is 15.7. The van der Waals surface area contributed by atoms with Gasteiger partial charge in [-0.25, -0.2) is 0 Å². The quantitative estimate of drug-likeness (QED) is 0.897. The van der Waals surface area contributed by atoms with Gasteiger partial charge < -0.3 is 5.11 Å². The monoisotopic (exact) mass is 284 g/mol. The normalized spacial score (nSPS) is 18.7. The molecule has 3 nitrogen and oxygen atoms in total. The van der Waals surface area contributed by atoms with Gasteiger partial charge in [-0.15, -0.1) is 0 Å². The van der Waals surface area contributed by atoms with Crippen molar-refractivity contribution in [3.63, 3.8) is 0 Å². The summed E-state index contributed by atoms with van der Waals surface area (Å²) in [6.07, 6.45) is 7.34. The molecule has 2 rings (SSSR count). The van der Waals surface area contributed by atoms with E-state index in [0.29, 0.717) is 12.3 Å². The minimum absolute atomic E-state index is 0.274. The highest BCUT2D eigenvalue weighted by molar-refractivity contribution is 6.31. The number of aromatic nitrogens is 2. The van der Waals surface area contributed by atoms with E-state index in [4.69, 9.17) is 11.6 Å². The van der Waals surface area contributed by atoms with E-state index in [-0.39, 0.29) is 6.10 Å². The van der Waals surface area contributed by atoms with Crippen molar-refractivity contribution in [2.45, 2.75) is 71.4 Å². The lowest BCUT2D eigenvalue weighted by atomic mass is 9.84. The first-order chi connectivity index (χ1) is 9.17. The molecule has 1 saturated carbocycles. The first-order valence-electron chi connectivity index (χ1n) is 7.59. The predicted molar refractivity (Wildman–Crippen MR) is 78.6 cm³/mol. The molecule has 1 aromatic heterocycles. The number of rotatable bonds is 5. The molecule has 1 aliphatic rings. The maximum absolute atomic E-state index is 10.5. The van der Waals surface area contributed by atoms with Crippen LogP contribution in [0.2, 0.25) is 5.02 Å². The first kappa shape index (κ1) is 14.9. The van der Waals surface area contributed by atoms with Crippen molar-refractivity contribution in [3.8, 4) is 0 Å². The van der Waals surface area contributed by atoms with Gasteiger partial charge >= 0.3 is 0 Å². The molecule has 1 fully saturated rings.